The van der Waals surface area contributed by atoms with Crippen LogP contribution in [0.2, 0.25) is 0 Å². The third-order valence-electron chi connectivity index (χ3n) is 4.15. The Kier molecular flexibility index (Phi) is 5.72. The maximum atomic E-state index is 12.6. The first-order valence-electron chi connectivity index (χ1n) is 8.40. The molecular formula is C18H21N3O4S. The Hall–Kier alpha value is -2.61. The molecule has 0 atom stereocenters. The summed E-state index contributed by atoms with van der Waals surface area (Å²) in [6.07, 6.45) is 0.486. The Morgan fingerprint density at radius 2 is 2.19 bits per heavy atom. The van der Waals surface area contributed by atoms with Gasteiger partial charge in [-0.3, -0.25) is 10.1 Å². The summed E-state index contributed by atoms with van der Waals surface area (Å²) in [5.74, 6) is 0.868. The van der Waals surface area contributed by atoms with E-state index in [1.807, 2.05) is 23.1 Å². The van der Waals surface area contributed by atoms with Crippen molar-refractivity contribution in [1.82, 2.24) is 9.88 Å². The van der Waals surface area contributed by atoms with E-state index in [0.29, 0.717) is 30.5 Å². The van der Waals surface area contributed by atoms with E-state index in [-0.39, 0.29) is 12.3 Å². The summed E-state index contributed by atoms with van der Waals surface area (Å²) in [6, 6.07) is 5.96. The number of nitrogens with zero attached hydrogens (tertiary/aromatic N) is 2. The van der Waals surface area contributed by atoms with Crippen LogP contribution in [0.1, 0.15) is 23.7 Å². The molecule has 2 amide bonds. The smallest absolute Gasteiger partial charge is 0.413 e. The first kappa shape index (κ1) is 18.2. The molecular weight excluding hydrogens is 354 g/mol. The molecule has 0 fully saturated rings. The normalized spacial score (nSPS) is 13.1. The number of hydrogen-bond acceptors (Lipinski definition) is 6. The van der Waals surface area contributed by atoms with Gasteiger partial charge < -0.3 is 14.4 Å². The van der Waals surface area contributed by atoms with Gasteiger partial charge in [-0.05, 0) is 36.6 Å². The van der Waals surface area contributed by atoms with E-state index in [1.165, 1.54) is 16.9 Å². The van der Waals surface area contributed by atoms with Crippen molar-refractivity contribution in [2.45, 2.75) is 26.3 Å². The monoisotopic (exact) mass is 375 g/mol. The Balaban J connectivity index is 1.58. The first-order valence-corrected chi connectivity index (χ1v) is 9.28. The van der Waals surface area contributed by atoms with Crippen LogP contribution in [-0.4, -0.2) is 42.1 Å². The van der Waals surface area contributed by atoms with Gasteiger partial charge in [0.1, 0.15) is 5.75 Å². The van der Waals surface area contributed by atoms with Gasteiger partial charge >= 0.3 is 6.09 Å². The molecule has 8 heteroatoms. The third kappa shape index (κ3) is 4.32. The number of nitrogens with one attached hydrogen (secondary N) is 1. The number of carbonyl (C=O) groups is 2. The van der Waals surface area contributed by atoms with E-state index in [1.54, 1.807) is 19.4 Å². The van der Waals surface area contributed by atoms with Crippen LogP contribution >= 0.6 is 11.3 Å². The molecule has 0 spiro atoms. The minimum absolute atomic E-state index is 0.0273. The Morgan fingerprint density at radius 3 is 2.96 bits per heavy atom. The number of aromatic nitrogens is 1. The van der Waals surface area contributed by atoms with Crippen molar-refractivity contribution in [2.24, 2.45) is 0 Å². The Bertz CT molecular complexity index is 805. The summed E-state index contributed by atoms with van der Waals surface area (Å²) in [6.45, 7) is 3.30. The highest BCUT2D eigenvalue weighted by Crippen LogP contribution is 2.24. The van der Waals surface area contributed by atoms with Crippen molar-refractivity contribution in [2.75, 3.05) is 25.6 Å². The van der Waals surface area contributed by atoms with Crippen LogP contribution in [0.25, 0.3) is 0 Å². The summed E-state index contributed by atoms with van der Waals surface area (Å²) in [7, 11) is 1.65. The van der Waals surface area contributed by atoms with Crippen LogP contribution < -0.4 is 10.1 Å². The molecule has 0 radical (unpaired) electrons. The molecule has 2 heterocycles. The summed E-state index contributed by atoms with van der Waals surface area (Å²) in [5, 5.41) is 4.76. The van der Waals surface area contributed by atoms with Crippen molar-refractivity contribution < 1.29 is 19.1 Å². The lowest BCUT2D eigenvalue weighted by Crippen LogP contribution is -2.37. The fourth-order valence-electron chi connectivity index (χ4n) is 2.84. The van der Waals surface area contributed by atoms with Gasteiger partial charge in [-0.25, -0.2) is 9.78 Å². The highest BCUT2D eigenvalue weighted by atomic mass is 32.1. The molecule has 26 heavy (non-hydrogen) atoms. The van der Waals surface area contributed by atoms with Crippen LogP contribution in [0.5, 0.6) is 5.75 Å². The maximum Gasteiger partial charge on any atom is 0.413 e. The van der Waals surface area contributed by atoms with Crippen LogP contribution in [0.3, 0.4) is 0 Å². The van der Waals surface area contributed by atoms with Crippen LogP contribution in [0, 0.1) is 0 Å². The summed E-state index contributed by atoms with van der Waals surface area (Å²) in [4.78, 5) is 30.1. The molecule has 3 rings (SSSR count). The molecule has 1 aromatic heterocycles. The van der Waals surface area contributed by atoms with E-state index >= 15 is 0 Å². The minimum Gasteiger partial charge on any atom is -0.497 e. The zero-order chi connectivity index (χ0) is 18.5. The number of thiazole rings is 1. The van der Waals surface area contributed by atoms with Gasteiger partial charge in [0.15, 0.2) is 5.13 Å². The fraction of sp³-hybridized carbons (Fsp3) is 0.389. The number of methoxy groups -OCH3 is 1. The van der Waals surface area contributed by atoms with Crippen molar-refractivity contribution >= 4 is 28.5 Å². The van der Waals surface area contributed by atoms with Crippen molar-refractivity contribution in [1.29, 1.82) is 0 Å². The molecule has 7 nitrogen and oxygen atoms in total. The van der Waals surface area contributed by atoms with E-state index in [9.17, 15) is 9.59 Å². The van der Waals surface area contributed by atoms with Gasteiger partial charge in [0.05, 0.1) is 25.8 Å². The van der Waals surface area contributed by atoms with Crippen molar-refractivity contribution in [3.8, 4) is 5.75 Å². The van der Waals surface area contributed by atoms with Crippen molar-refractivity contribution in [3.05, 3.63) is 40.4 Å². The van der Waals surface area contributed by atoms with E-state index in [2.05, 4.69) is 10.3 Å². The van der Waals surface area contributed by atoms with Gasteiger partial charge in [-0.15, -0.1) is 11.3 Å². The van der Waals surface area contributed by atoms with Gasteiger partial charge in [0.2, 0.25) is 5.91 Å². The average Bonchev–Trinajstić information content (AvgIpc) is 3.07. The molecule has 0 unspecified atom stereocenters. The number of carbonyl (C=O) groups excluding carboxylic acids is 2. The van der Waals surface area contributed by atoms with Crippen molar-refractivity contribution in [3.63, 3.8) is 0 Å². The second-order valence-corrected chi connectivity index (χ2v) is 6.72. The van der Waals surface area contributed by atoms with Crippen LogP contribution in [0.4, 0.5) is 9.93 Å². The molecule has 0 bridgehead atoms. The second-order valence-electron chi connectivity index (χ2n) is 5.87. The summed E-state index contributed by atoms with van der Waals surface area (Å²) in [5.41, 5.74) is 3.02. The lowest BCUT2D eigenvalue weighted by Gasteiger charge is -2.29. The number of ether oxygens (including phenoxy) is 2. The highest BCUT2D eigenvalue weighted by molar-refractivity contribution is 7.13. The fourth-order valence-corrected chi connectivity index (χ4v) is 3.53. The SMILES string of the molecule is CCOC(=O)Nc1nc(CC(=O)N2CCc3cc(OC)ccc3C2)cs1. The largest absolute Gasteiger partial charge is 0.497 e. The number of amides is 2. The number of rotatable bonds is 5. The summed E-state index contributed by atoms with van der Waals surface area (Å²) >= 11 is 1.28. The van der Waals surface area contributed by atoms with E-state index in [4.69, 9.17) is 9.47 Å². The number of anilines is 1. The van der Waals surface area contributed by atoms with Gasteiger partial charge in [-0.2, -0.15) is 0 Å². The lowest BCUT2D eigenvalue weighted by molar-refractivity contribution is -0.131. The zero-order valence-electron chi connectivity index (χ0n) is 14.8. The molecule has 2 aromatic rings. The standard InChI is InChI=1S/C18H21N3O4S/c1-3-25-18(23)20-17-19-14(11-26-17)9-16(22)21-7-6-12-8-15(24-2)5-4-13(12)10-21/h4-5,8,11H,3,6-7,9-10H2,1-2H3,(H,19,20,23). The number of hydrogen-bond donors (Lipinski definition) is 1. The van der Waals surface area contributed by atoms with Crippen LogP contribution in [0.15, 0.2) is 23.6 Å². The molecule has 0 saturated carbocycles. The summed E-state index contributed by atoms with van der Waals surface area (Å²) < 4.78 is 10.1. The van der Waals surface area contributed by atoms with Gasteiger partial charge in [-0.1, -0.05) is 6.07 Å². The quantitative estimate of drug-likeness (QED) is 0.869. The minimum atomic E-state index is -0.539. The predicted octanol–water partition coefficient (Wildman–Crippen LogP) is 2.85. The first-order chi connectivity index (χ1) is 12.6. The molecule has 138 valence electrons. The number of fused-ring (bicyclic) bond motifs is 1. The molecule has 1 N–H and O–H groups in total. The van der Waals surface area contributed by atoms with E-state index in [0.717, 1.165) is 17.7 Å². The molecule has 1 aliphatic heterocycles. The maximum absolute atomic E-state index is 12.6. The Labute approximate surface area is 155 Å². The van der Waals surface area contributed by atoms with Gasteiger partial charge in [0, 0.05) is 18.5 Å². The van der Waals surface area contributed by atoms with Gasteiger partial charge in [0.25, 0.3) is 0 Å². The Morgan fingerprint density at radius 1 is 1.35 bits per heavy atom. The van der Waals surface area contributed by atoms with E-state index < -0.39 is 6.09 Å². The second kappa shape index (κ2) is 8.18. The number of benzene rings is 1. The third-order valence-corrected chi connectivity index (χ3v) is 4.95. The molecule has 1 aromatic carbocycles. The topological polar surface area (TPSA) is 80.8 Å². The zero-order valence-corrected chi connectivity index (χ0v) is 15.6. The molecule has 0 saturated heterocycles. The predicted molar refractivity (Wildman–Crippen MR) is 98.6 cm³/mol. The lowest BCUT2D eigenvalue weighted by atomic mass is 9.99. The highest BCUT2D eigenvalue weighted by Gasteiger charge is 2.22. The molecule has 1 aliphatic rings. The van der Waals surface area contributed by atoms with Crippen LogP contribution in [-0.2, 0) is 28.9 Å². The average molecular weight is 375 g/mol. The molecule has 0 aliphatic carbocycles.